The predicted molar refractivity (Wildman–Crippen MR) is 63.2 cm³/mol. The zero-order valence-electron chi connectivity index (χ0n) is 8.14. The molecule has 0 aliphatic carbocycles. The molecular weight excluding hydrogens is 246 g/mol. The molecule has 0 aliphatic heterocycles. The van der Waals surface area contributed by atoms with E-state index in [0.29, 0.717) is 0 Å². The Hall–Kier alpha value is 0.140. The molecule has 0 amide bonds. The Morgan fingerprint density at radius 2 is 2.23 bits per heavy atom. The molecule has 0 spiro atoms. The summed E-state index contributed by atoms with van der Waals surface area (Å²) in [6, 6.07) is 4.28. The molecule has 74 valence electrons. The van der Waals surface area contributed by atoms with Crippen LogP contribution < -0.4 is 5.73 Å². The van der Waals surface area contributed by atoms with Gasteiger partial charge in [0.05, 0.1) is 3.79 Å². The van der Waals surface area contributed by atoms with Crippen molar-refractivity contribution in [2.45, 2.75) is 26.7 Å². The minimum atomic E-state index is 0.268. The minimum absolute atomic E-state index is 0.268. The Morgan fingerprint density at radius 1 is 1.54 bits per heavy atom. The van der Waals surface area contributed by atoms with Crippen molar-refractivity contribution in [3.05, 3.63) is 20.8 Å². The van der Waals surface area contributed by atoms with Gasteiger partial charge in [0.2, 0.25) is 0 Å². The number of hydrogen-bond acceptors (Lipinski definition) is 2. The van der Waals surface area contributed by atoms with E-state index in [-0.39, 0.29) is 5.41 Å². The van der Waals surface area contributed by atoms with Crippen molar-refractivity contribution in [2.75, 3.05) is 6.54 Å². The Labute approximate surface area is 92.5 Å². The molecule has 1 rings (SSSR count). The second-order valence-corrected chi connectivity index (χ2v) is 6.30. The van der Waals surface area contributed by atoms with Crippen LogP contribution in [0.2, 0.25) is 0 Å². The Morgan fingerprint density at radius 3 is 2.62 bits per heavy atom. The summed E-state index contributed by atoms with van der Waals surface area (Å²) in [5, 5.41) is 0. The molecule has 1 nitrogen and oxygen atoms in total. The van der Waals surface area contributed by atoms with Crippen molar-refractivity contribution in [1.29, 1.82) is 0 Å². The van der Waals surface area contributed by atoms with E-state index in [1.54, 1.807) is 11.3 Å². The average molecular weight is 262 g/mol. The van der Waals surface area contributed by atoms with Crippen LogP contribution in [0.25, 0.3) is 0 Å². The molecule has 1 unspecified atom stereocenters. The van der Waals surface area contributed by atoms with Gasteiger partial charge in [-0.2, -0.15) is 0 Å². The molecule has 13 heavy (non-hydrogen) atoms. The highest BCUT2D eigenvalue weighted by atomic mass is 79.9. The van der Waals surface area contributed by atoms with Crippen LogP contribution in [-0.4, -0.2) is 6.54 Å². The Kier molecular flexibility index (Phi) is 3.95. The minimum Gasteiger partial charge on any atom is -0.330 e. The van der Waals surface area contributed by atoms with Crippen molar-refractivity contribution in [3.8, 4) is 0 Å². The van der Waals surface area contributed by atoms with E-state index < -0.39 is 0 Å². The first kappa shape index (κ1) is 11.2. The summed E-state index contributed by atoms with van der Waals surface area (Å²) in [6.45, 7) is 5.22. The number of thiophene rings is 1. The third kappa shape index (κ3) is 3.08. The highest BCUT2D eigenvalue weighted by molar-refractivity contribution is 9.11. The monoisotopic (exact) mass is 261 g/mol. The smallest absolute Gasteiger partial charge is 0.0701 e. The first-order valence-electron chi connectivity index (χ1n) is 4.54. The largest absolute Gasteiger partial charge is 0.330 e. The molecule has 0 aromatic carbocycles. The van der Waals surface area contributed by atoms with Gasteiger partial charge in [0.25, 0.3) is 0 Å². The standard InChI is InChI=1S/C10H16BrNS/c1-3-10(2,7-12)6-8-4-5-9(11)13-8/h4-5H,3,6-7,12H2,1-2H3. The van der Waals surface area contributed by atoms with Gasteiger partial charge in [-0.15, -0.1) is 11.3 Å². The van der Waals surface area contributed by atoms with Gasteiger partial charge in [0, 0.05) is 4.88 Å². The Bertz CT molecular complexity index is 266. The molecule has 0 bridgehead atoms. The van der Waals surface area contributed by atoms with E-state index >= 15 is 0 Å². The summed E-state index contributed by atoms with van der Waals surface area (Å²) in [4.78, 5) is 1.42. The second kappa shape index (κ2) is 4.58. The van der Waals surface area contributed by atoms with Gasteiger partial charge in [-0.3, -0.25) is 0 Å². The van der Waals surface area contributed by atoms with Crippen molar-refractivity contribution < 1.29 is 0 Å². The summed E-state index contributed by atoms with van der Waals surface area (Å²) >= 11 is 5.28. The van der Waals surface area contributed by atoms with Gasteiger partial charge < -0.3 is 5.73 Å². The summed E-state index contributed by atoms with van der Waals surface area (Å²) in [6.07, 6.45) is 2.23. The fourth-order valence-corrected chi connectivity index (χ4v) is 2.91. The van der Waals surface area contributed by atoms with Crippen LogP contribution >= 0.6 is 27.3 Å². The van der Waals surface area contributed by atoms with Gasteiger partial charge in [-0.1, -0.05) is 13.8 Å². The van der Waals surface area contributed by atoms with Gasteiger partial charge in [-0.25, -0.2) is 0 Å². The lowest BCUT2D eigenvalue weighted by atomic mass is 9.84. The van der Waals surface area contributed by atoms with Gasteiger partial charge >= 0.3 is 0 Å². The lowest BCUT2D eigenvalue weighted by Gasteiger charge is -2.25. The molecule has 0 saturated carbocycles. The normalized spacial score (nSPS) is 15.7. The molecule has 1 heterocycles. The molecule has 0 saturated heterocycles. The molecule has 0 radical (unpaired) electrons. The van der Waals surface area contributed by atoms with Crippen molar-refractivity contribution in [1.82, 2.24) is 0 Å². The molecule has 1 aromatic rings. The third-order valence-corrected chi connectivity index (χ3v) is 4.20. The lowest BCUT2D eigenvalue weighted by molar-refractivity contribution is 0.323. The number of nitrogens with two attached hydrogens (primary N) is 1. The molecule has 3 heteroatoms. The molecular formula is C10H16BrNS. The first-order valence-corrected chi connectivity index (χ1v) is 6.15. The fourth-order valence-electron chi connectivity index (χ4n) is 1.21. The van der Waals surface area contributed by atoms with Gasteiger partial charge in [0.15, 0.2) is 0 Å². The third-order valence-electron chi connectivity index (χ3n) is 2.58. The maximum Gasteiger partial charge on any atom is 0.0701 e. The first-order chi connectivity index (χ1) is 6.09. The highest BCUT2D eigenvalue weighted by Gasteiger charge is 2.21. The molecule has 1 atom stereocenters. The fraction of sp³-hybridized carbons (Fsp3) is 0.600. The van der Waals surface area contributed by atoms with E-state index in [0.717, 1.165) is 19.4 Å². The summed E-state index contributed by atoms with van der Waals surface area (Å²) in [5.74, 6) is 0. The highest BCUT2D eigenvalue weighted by Crippen LogP contribution is 2.30. The van der Waals surface area contributed by atoms with Crippen LogP contribution in [-0.2, 0) is 6.42 Å². The van der Waals surface area contributed by atoms with Crippen LogP contribution in [0, 0.1) is 5.41 Å². The quantitative estimate of drug-likeness (QED) is 0.883. The Balaban J connectivity index is 2.67. The van der Waals surface area contributed by atoms with E-state index in [1.165, 1.54) is 8.66 Å². The summed E-state index contributed by atoms with van der Waals surface area (Å²) < 4.78 is 1.21. The van der Waals surface area contributed by atoms with E-state index in [2.05, 4.69) is 41.9 Å². The maximum absolute atomic E-state index is 5.77. The van der Waals surface area contributed by atoms with Crippen LogP contribution in [0.3, 0.4) is 0 Å². The zero-order chi connectivity index (χ0) is 9.90. The number of hydrogen-bond donors (Lipinski definition) is 1. The molecule has 2 N–H and O–H groups in total. The van der Waals surface area contributed by atoms with Gasteiger partial charge in [-0.05, 0) is 52.9 Å². The maximum atomic E-state index is 5.77. The average Bonchev–Trinajstić information content (AvgIpc) is 2.51. The van der Waals surface area contributed by atoms with Crippen molar-refractivity contribution in [2.24, 2.45) is 11.1 Å². The van der Waals surface area contributed by atoms with Crippen LogP contribution in [0.4, 0.5) is 0 Å². The second-order valence-electron chi connectivity index (χ2n) is 3.75. The number of rotatable bonds is 4. The lowest BCUT2D eigenvalue weighted by Crippen LogP contribution is -2.28. The van der Waals surface area contributed by atoms with E-state index in [1.807, 2.05) is 0 Å². The van der Waals surface area contributed by atoms with Crippen LogP contribution in [0.15, 0.2) is 15.9 Å². The molecule has 1 aromatic heterocycles. The van der Waals surface area contributed by atoms with Crippen molar-refractivity contribution >= 4 is 27.3 Å². The van der Waals surface area contributed by atoms with Crippen LogP contribution in [0.5, 0.6) is 0 Å². The van der Waals surface area contributed by atoms with Crippen molar-refractivity contribution in [3.63, 3.8) is 0 Å². The topological polar surface area (TPSA) is 26.0 Å². The van der Waals surface area contributed by atoms with E-state index in [9.17, 15) is 0 Å². The SMILES string of the molecule is CCC(C)(CN)Cc1ccc(Br)s1. The zero-order valence-corrected chi connectivity index (χ0v) is 10.5. The summed E-state index contributed by atoms with van der Waals surface area (Å²) in [7, 11) is 0. The predicted octanol–water partition coefficient (Wildman–Crippen LogP) is 3.43. The molecule has 0 aliphatic rings. The van der Waals surface area contributed by atoms with Gasteiger partial charge in [0.1, 0.15) is 0 Å². The van der Waals surface area contributed by atoms with Crippen LogP contribution in [0.1, 0.15) is 25.1 Å². The van der Waals surface area contributed by atoms with E-state index in [4.69, 9.17) is 5.73 Å². The molecule has 0 fully saturated rings. The summed E-state index contributed by atoms with van der Waals surface area (Å²) in [5.41, 5.74) is 6.03. The number of halogens is 1.